The third kappa shape index (κ3) is 6.04. The predicted octanol–water partition coefficient (Wildman–Crippen LogP) is 7.07. The highest BCUT2D eigenvalue weighted by Crippen LogP contribution is 2.34. The van der Waals surface area contributed by atoms with Gasteiger partial charge in [-0.05, 0) is 50.0 Å². The Bertz CT molecular complexity index is 391. The Morgan fingerprint density at radius 3 is 2.05 bits per heavy atom. The van der Waals surface area contributed by atoms with E-state index in [9.17, 15) is 0 Å². The standard InChI is InChI=1S/C22H36/c1-5-14-19-17-12-10-9-11-13-18-20(15-6-2)22(16-7-3)21(19)8-4/h4,7,16,19-20H,5-6,9-15,17-18H2,1-3H3/b16-7-,22-21-. The van der Waals surface area contributed by atoms with Gasteiger partial charge in [0.1, 0.15) is 0 Å². The minimum atomic E-state index is 0.610. The molecule has 124 valence electrons. The van der Waals surface area contributed by atoms with Gasteiger partial charge in [0.25, 0.3) is 0 Å². The van der Waals surface area contributed by atoms with Gasteiger partial charge in [0, 0.05) is 5.57 Å². The zero-order valence-electron chi connectivity index (χ0n) is 15.2. The Morgan fingerprint density at radius 2 is 1.50 bits per heavy atom. The monoisotopic (exact) mass is 300 g/mol. The smallest absolute Gasteiger partial charge is 0.00832 e. The molecule has 0 spiro atoms. The third-order valence-corrected chi connectivity index (χ3v) is 5.04. The summed E-state index contributed by atoms with van der Waals surface area (Å²) in [4.78, 5) is 0. The lowest BCUT2D eigenvalue weighted by atomic mass is 9.80. The van der Waals surface area contributed by atoms with Crippen LogP contribution in [0.5, 0.6) is 0 Å². The second-order valence-electron chi connectivity index (χ2n) is 6.83. The number of allylic oxidation sites excluding steroid dienone is 4. The second-order valence-corrected chi connectivity index (χ2v) is 6.83. The number of terminal acetylenes is 1. The van der Waals surface area contributed by atoms with Crippen molar-refractivity contribution in [1.29, 1.82) is 0 Å². The molecule has 0 heteroatoms. The first-order valence-corrected chi connectivity index (χ1v) is 9.61. The summed E-state index contributed by atoms with van der Waals surface area (Å²) >= 11 is 0. The highest BCUT2D eigenvalue weighted by molar-refractivity contribution is 5.40. The summed E-state index contributed by atoms with van der Waals surface area (Å²) in [5.41, 5.74) is 2.83. The van der Waals surface area contributed by atoms with Crippen molar-refractivity contribution in [2.45, 2.75) is 91.4 Å². The van der Waals surface area contributed by atoms with Crippen LogP contribution in [0.25, 0.3) is 0 Å². The van der Waals surface area contributed by atoms with Crippen LogP contribution in [-0.2, 0) is 0 Å². The minimum Gasteiger partial charge on any atom is -0.115 e. The molecule has 1 aliphatic rings. The molecular weight excluding hydrogens is 264 g/mol. The van der Waals surface area contributed by atoms with Gasteiger partial charge in [0.15, 0.2) is 0 Å². The van der Waals surface area contributed by atoms with Crippen LogP contribution in [0.15, 0.2) is 23.3 Å². The van der Waals surface area contributed by atoms with Gasteiger partial charge in [-0.25, -0.2) is 0 Å². The molecule has 0 saturated heterocycles. The normalized spacial score (nSPS) is 28.3. The zero-order valence-corrected chi connectivity index (χ0v) is 15.2. The third-order valence-electron chi connectivity index (χ3n) is 5.04. The van der Waals surface area contributed by atoms with Crippen LogP contribution in [0.1, 0.15) is 91.4 Å². The van der Waals surface area contributed by atoms with Crippen molar-refractivity contribution in [2.24, 2.45) is 11.8 Å². The first-order valence-electron chi connectivity index (χ1n) is 9.61. The quantitative estimate of drug-likeness (QED) is 0.476. The number of rotatable bonds is 5. The second kappa shape index (κ2) is 11.6. The summed E-state index contributed by atoms with van der Waals surface area (Å²) in [7, 11) is 0. The number of hydrogen-bond donors (Lipinski definition) is 0. The largest absolute Gasteiger partial charge is 0.115 e. The summed E-state index contributed by atoms with van der Waals surface area (Å²) in [6.45, 7) is 6.72. The van der Waals surface area contributed by atoms with E-state index < -0.39 is 0 Å². The van der Waals surface area contributed by atoms with Crippen LogP contribution in [-0.4, -0.2) is 0 Å². The van der Waals surface area contributed by atoms with E-state index in [0.29, 0.717) is 11.8 Å². The summed E-state index contributed by atoms with van der Waals surface area (Å²) in [5, 5.41) is 0. The molecular formula is C22H36. The average Bonchev–Trinajstić information content (AvgIpc) is 2.55. The van der Waals surface area contributed by atoms with E-state index in [1.54, 1.807) is 0 Å². The van der Waals surface area contributed by atoms with Crippen molar-refractivity contribution >= 4 is 0 Å². The number of hydrogen-bond acceptors (Lipinski definition) is 0. The highest BCUT2D eigenvalue weighted by atomic mass is 14.3. The van der Waals surface area contributed by atoms with E-state index in [2.05, 4.69) is 38.8 Å². The lowest BCUT2D eigenvalue weighted by Gasteiger charge is -2.24. The Morgan fingerprint density at radius 1 is 0.955 bits per heavy atom. The molecule has 0 aromatic heterocycles. The lowest BCUT2D eigenvalue weighted by molar-refractivity contribution is 0.478. The van der Waals surface area contributed by atoms with Gasteiger partial charge in [0.2, 0.25) is 0 Å². The van der Waals surface area contributed by atoms with Crippen molar-refractivity contribution in [3.8, 4) is 12.3 Å². The molecule has 0 nitrogen and oxygen atoms in total. The van der Waals surface area contributed by atoms with Crippen molar-refractivity contribution in [2.75, 3.05) is 0 Å². The summed E-state index contributed by atoms with van der Waals surface area (Å²) in [6, 6.07) is 0. The van der Waals surface area contributed by atoms with Crippen LogP contribution >= 0.6 is 0 Å². The van der Waals surface area contributed by atoms with Gasteiger partial charge < -0.3 is 0 Å². The molecule has 0 fully saturated rings. The van der Waals surface area contributed by atoms with Crippen LogP contribution in [0.2, 0.25) is 0 Å². The summed E-state index contributed by atoms with van der Waals surface area (Å²) in [6.07, 6.45) is 25.0. The van der Waals surface area contributed by atoms with Gasteiger partial charge in [-0.3, -0.25) is 0 Å². The van der Waals surface area contributed by atoms with E-state index in [-0.39, 0.29) is 0 Å². The Balaban J connectivity index is 3.21. The van der Waals surface area contributed by atoms with E-state index >= 15 is 0 Å². The first-order chi connectivity index (χ1) is 10.8. The molecule has 2 unspecified atom stereocenters. The van der Waals surface area contributed by atoms with Crippen LogP contribution in [0, 0.1) is 24.2 Å². The SMILES string of the molecule is C#C/C1=C(\C=C/C)C(CCC)CCCCCCCC1CCC. The van der Waals surface area contributed by atoms with E-state index in [1.165, 1.54) is 81.8 Å². The molecule has 22 heavy (non-hydrogen) atoms. The van der Waals surface area contributed by atoms with Crippen molar-refractivity contribution in [3.63, 3.8) is 0 Å². The predicted molar refractivity (Wildman–Crippen MR) is 99.8 cm³/mol. The molecule has 1 aliphatic carbocycles. The zero-order chi connectivity index (χ0) is 16.2. The van der Waals surface area contributed by atoms with Gasteiger partial charge in [-0.1, -0.05) is 76.9 Å². The fourth-order valence-corrected chi connectivity index (χ4v) is 3.96. The van der Waals surface area contributed by atoms with Gasteiger partial charge in [-0.2, -0.15) is 0 Å². The van der Waals surface area contributed by atoms with Gasteiger partial charge in [-0.15, -0.1) is 6.42 Å². The maximum atomic E-state index is 6.01. The fourth-order valence-electron chi connectivity index (χ4n) is 3.96. The van der Waals surface area contributed by atoms with Gasteiger partial charge in [0.05, 0.1) is 0 Å². The minimum absolute atomic E-state index is 0.610. The van der Waals surface area contributed by atoms with Gasteiger partial charge >= 0.3 is 0 Å². The van der Waals surface area contributed by atoms with Crippen molar-refractivity contribution in [3.05, 3.63) is 23.3 Å². The average molecular weight is 301 g/mol. The van der Waals surface area contributed by atoms with E-state index in [4.69, 9.17) is 6.42 Å². The maximum Gasteiger partial charge on any atom is 0.00832 e. The Hall–Kier alpha value is -0.960. The molecule has 0 aliphatic heterocycles. The topological polar surface area (TPSA) is 0 Å². The molecule has 0 aromatic carbocycles. The Labute approximate surface area is 139 Å². The molecule has 1 rings (SSSR count). The lowest BCUT2D eigenvalue weighted by Crippen LogP contribution is -2.11. The van der Waals surface area contributed by atoms with E-state index in [0.717, 1.165) is 0 Å². The van der Waals surface area contributed by atoms with Crippen molar-refractivity contribution < 1.29 is 0 Å². The molecule has 0 N–H and O–H groups in total. The molecule has 2 atom stereocenters. The van der Waals surface area contributed by atoms with Crippen LogP contribution in [0.4, 0.5) is 0 Å². The summed E-state index contributed by atoms with van der Waals surface area (Å²) < 4.78 is 0. The maximum absolute atomic E-state index is 6.01. The molecule has 0 saturated carbocycles. The van der Waals surface area contributed by atoms with Crippen LogP contribution < -0.4 is 0 Å². The molecule has 0 amide bonds. The molecule has 0 bridgehead atoms. The fraction of sp³-hybridized carbons (Fsp3) is 0.727. The molecule has 0 heterocycles. The van der Waals surface area contributed by atoms with E-state index in [1.807, 2.05) is 0 Å². The Kier molecular flexibility index (Phi) is 10.1. The summed E-state index contributed by atoms with van der Waals surface area (Å²) in [5.74, 6) is 4.41. The molecule has 0 radical (unpaired) electrons. The highest BCUT2D eigenvalue weighted by Gasteiger charge is 2.21. The van der Waals surface area contributed by atoms with Crippen LogP contribution in [0.3, 0.4) is 0 Å². The molecule has 0 aromatic rings. The van der Waals surface area contributed by atoms with Crippen molar-refractivity contribution in [1.82, 2.24) is 0 Å². The first kappa shape index (κ1) is 19.1.